The minimum Gasteiger partial charge on any atom is -0.371 e. The van der Waals surface area contributed by atoms with Crippen molar-refractivity contribution in [2.75, 3.05) is 13.6 Å². The summed E-state index contributed by atoms with van der Waals surface area (Å²) in [5.41, 5.74) is 0. The lowest BCUT2D eigenvalue weighted by molar-refractivity contribution is 0.0138. The van der Waals surface area contributed by atoms with Gasteiger partial charge in [0.05, 0.1) is 12.7 Å². The van der Waals surface area contributed by atoms with Crippen molar-refractivity contribution in [3.05, 3.63) is 22.4 Å². The maximum Gasteiger partial charge on any atom is 0.0813 e. The van der Waals surface area contributed by atoms with E-state index in [1.165, 1.54) is 4.88 Å². The van der Waals surface area contributed by atoms with Gasteiger partial charge in [-0.2, -0.15) is 0 Å². The molecule has 0 aliphatic rings. The van der Waals surface area contributed by atoms with Crippen molar-refractivity contribution < 1.29 is 4.74 Å². The van der Waals surface area contributed by atoms with Gasteiger partial charge < -0.3 is 10.1 Å². The lowest BCUT2D eigenvalue weighted by Crippen LogP contribution is -2.30. The predicted molar refractivity (Wildman–Crippen MR) is 61.7 cm³/mol. The van der Waals surface area contributed by atoms with Crippen LogP contribution in [-0.4, -0.2) is 19.7 Å². The van der Waals surface area contributed by atoms with Gasteiger partial charge in [0.1, 0.15) is 0 Å². The molecule has 1 atom stereocenters. The minimum atomic E-state index is 0.307. The van der Waals surface area contributed by atoms with Gasteiger partial charge in [0.2, 0.25) is 0 Å². The molecule has 0 spiro atoms. The van der Waals surface area contributed by atoms with Crippen molar-refractivity contribution in [2.45, 2.75) is 26.6 Å². The maximum absolute atomic E-state index is 5.84. The lowest BCUT2D eigenvalue weighted by Gasteiger charge is -2.20. The lowest BCUT2D eigenvalue weighted by atomic mass is 10.1. The van der Waals surface area contributed by atoms with Crippen LogP contribution in [0.25, 0.3) is 0 Å². The van der Waals surface area contributed by atoms with E-state index >= 15 is 0 Å². The van der Waals surface area contributed by atoms with Crippen LogP contribution in [0.3, 0.4) is 0 Å². The highest BCUT2D eigenvalue weighted by molar-refractivity contribution is 7.09. The SMILES string of the molecule is CNCC(OCc1cccs1)C(C)C. The van der Waals surface area contributed by atoms with Gasteiger partial charge >= 0.3 is 0 Å². The number of hydrogen-bond acceptors (Lipinski definition) is 3. The molecule has 3 heteroatoms. The molecule has 1 rings (SSSR count). The largest absolute Gasteiger partial charge is 0.371 e. The van der Waals surface area contributed by atoms with E-state index in [0.717, 1.165) is 13.2 Å². The zero-order chi connectivity index (χ0) is 10.4. The maximum atomic E-state index is 5.84. The predicted octanol–water partition coefficient (Wildman–Crippen LogP) is 2.51. The van der Waals surface area contributed by atoms with Crippen molar-refractivity contribution in [1.82, 2.24) is 5.32 Å². The Bertz CT molecular complexity index is 233. The van der Waals surface area contributed by atoms with Crippen LogP contribution in [0.2, 0.25) is 0 Å². The van der Waals surface area contributed by atoms with E-state index in [0.29, 0.717) is 12.0 Å². The molecule has 80 valence electrons. The van der Waals surface area contributed by atoms with Crippen LogP contribution in [0.1, 0.15) is 18.7 Å². The molecule has 0 bridgehead atoms. The first-order chi connectivity index (χ1) is 6.74. The highest BCUT2D eigenvalue weighted by atomic mass is 32.1. The van der Waals surface area contributed by atoms with Gasteiger partial charge in [0.25, 0.3) is 0 Å². The van der Waals surface area contributed by atoms with Gasteiger partial charge in [-0.05, 0) is 24.4 Å². The van der Waals surface area contributed by atoms with Gasteiger partial charge in [0, 0.05) is 11.4 Å². The fraction of sp³-hybridized carbons (Fsp3) is 0.636. The number of likely N-dealkylation sites (N-methyl/N-ethyl adjacent to an activating group) is 1. The number of hydrogen-bond donors (Lipinski definition) is 1. The first-order valence-corrected chi connectivity index (χ1v) is 5.90. The van der Waals surface area contributed by atoms with Gasteiger partial charge in [-0.3, -0.25) is 0 Å². The third-order valence-electron chi connectivity index (χ3n) is 2.17. The van der Waals surface area contributed by atoms with Crippen LogP contribution >= 0.6 is 11.3 Å². The van der Waals surface area contributed by atoms with E-state index in [1.54, 1.807) is 11.3 Å². The van der Waals surface area contributed by atoms with E-state index in [2.05, 4.69) is 36.7 Å². The van der Waals surface area contributed by atoms with E-state index < -0.39 is 0 Å². The second-order valence-corrected chi connectivity index (χ2v) is 4.76. The third kappa shape index (κ3) is 3.78. The van der Waals surface area contributed by atoms with E-state index in [9.17, 15) is 0 Å². The first kappa shape index (κ1) is 11.7. The van der Waals surface area contributed by atoms with E-state index in [4.69, 9.17) is 4.74 Å². The number of thiophene rings is 1. The number of rotatable bonds is 6. The standard InChI is InChI=1S/C11H19NOS/c1-9(2)11(7-12-3)13-8-10-5-4-6-14-10/h4-6,9,11-12H,7-8H2,1-3H3. The molecule has 1 heterocycles. The van der Waals surface area contributed by atoms with Crippen molar-refractivity contribution >= 4 is 11.3 Å². The molecule has 14 heavy (non-hydrogen) atoms. The highest BCUT2D eigenvalue weighted by Crippen LogP contribution is 2.13. The van der Waals surface area contributed by atoms with Gasteiger partial charge in [-0.1, -0.05) is 19.9 Å². The summed E-state index contributed by atoms with van der Waals surface area (Å²) >= 11 is 1.75. The van der Waals surface area contributed by atoms with Gasteiger partial charge in [-0.25, -0.2) is 0 Å². The Morgan fingerprint density at radius 3 is 2.79 bits per heavy atom. The summed E-state index contributed by atoms with van der Waals surface area (Å²) < 4.78 is 5.84. The normalized spacial score (nSPS) is 13.4. The first-order valence-electron chi connectivity index (χ1n) is 5.02. The molecular weight excluding hydrogens is 194 g/mol. The Kier molecular flexibility index (Phi) is 5.15. The summed E-state index contributed by atoms with van der Waals surface area (Å²) in [5, 5.41) is 5.24. The topological polar surface area (TPSA) is 21.3 Å². The molecular formula is C11H19NOS. The molecule has 0 aromatic carbocycles. The smallest absolute Gasteiger partial charge is 0.0813 e. The molecule has 0 amide bonds. The van der Waals surface area contributed by atoms with Crippen molar-refractivity contribution in [3.63, 3.8) is 0 Å². The zero-order valence-electron chi connectivity index (χ0n) is 9.12. The molecule has 1 N–H and O–H groups in total. The summed E-state index contributed by atoms with van der Waals surface area (Å²) in [6.07, 6.45) is 0.307. The molecule has 1 aromatic rings. The average Bonchev–Trinajstić information content (AvgIpc) is 2.64. The molecule has 1 aromatic heterocycles. The van der Waals surface area contributed by atoms with Crippen LogP contribution in [0, 0.1) is 5.92 Å². The number of nitrogens with one attached hydrogen (secondary N) is 1. The Balaban J connectivity index is 2.33. The van der Waals surface area contributed by atoms with Crippen LogP contribution in [-0.2, 0) is 11.3 Å². The second-order valence-electron chi connectivity index (χ2n) is 3.73. The van der Waals surface area contributed by atoms with Crippen LogP contribution in [0.4, 0.5) is 0 Å². The number of ether oxygens (including phenoxy) is 1. The molecule has 0 saturated carbocycles. The van der Waals surface area contributed by atoms with Crippen LogP contribution in [0.15, 0.2) is 17.5 Å². The quantitative estimate of drug-likeness (QED) is 0.784. The van der Waals surface area contributed by atoms with Crippen LogP contribution in [0.5, 0.6) is 0 Å². The highest BCUT2D eigenvalue weighted by Gasteiger charge is 2.12. The Labute approximate surface area is 90.3 Å². The Morgan fingerprint density at radius 2 is 2.29 bits per heavy atom. The summed E-state index contributed by atoms with van der Waals surface area (Å²) in [6, 6.07) is 4.17. The zero-order valence-corrected chi connectivity index (χ0v) is 9.93. The van der Waals surface area contributed by atoms with Crippen molar-refractivity contribution in [3.8, 4) is 0 Å². The summed E-state index contributed by atoms with van der Waals surface area (Å²) in [6.45, 7) is 6.04. The van der Waals surface area contributed by atoms with Crippen LogP contribution < -0.4 is 5.32 Å². The Morgan fingerprint density at radius 1 is 1.50 bits per heavy atom. The fourth-order valence-electron chi connectivity index (χ4n) is 1.27. The molecule has 0 saturated heterocycles. The van der Waals surface area contributed by atoms with E-state index in [-0.39, 0.29) is 0 Å². The summed E-state index contributed by atoms with van der Waals surface area (Å²) in [4.78, 5) is 1.30. The Hall–Kier alpha value is -0.380. The van der Waals surface area contributed by atoms with Crippen molar-refractivity contribution in [1.29, 1.82) is 0 Å². The third-order valence-corrected chi connectivity index (χ3v) is 3.02. The average molecular weight is 213 g/mol. The second kappa shape index (κ2) is 6.17. The molecule has 0 aliphatic carbocycles. The molecule has 1 unspecified atom stereocenters. The molecule has 0 radical (unpaired) electrons. The molecule has 0 fully saturated rings. The van der Waals surface area contributed by atoms with Crippen molar-refractivity contribution in [2.24, 2.45) is 5.92 Å². The monoisotopic (exact) mass is 213 g/mol. The van der Waals surface area contributed by atoms with E-state index in [1.807, 2.05) is 7.05 Å². The molecule has 0 aliphatic heterocycles. The summed E-state index contributed by atoms with van der Waals surface area (Å²) in [7, 11) is 1.96. The minimum absolute atomic E-state index is 0.307. The fourth-order valence-corrected chi connectivity index (χ4v) is 1.90. The summed E-state index contributed by atoms with van der Waals surface area (Å²) in [5.74, 6) is 0.558. The van der Waals surface area contributed by atoms with Gasteiger partial charge in [0.15, 0.2) is 0 Å². The molecule has 2 nitrogen and oxygen atoms in total. The van der Waals surface area contributed by atoms with Gasteiger partial charge in [-0.15, -0.1) is 11.3 Å².